The van der Waals surface area contributed by atoms with Gasteiger partial charge in [0, 0.05) is 19.5 Å². The Morgan fingerprint density at radius 2 is 1.78 bits per heavy atom. The van der Waals surface area contributed by atoms with Crippen molar-refractivity contribution in [3.63, 3.8) is 0 Å². The lowest BCUT2D eigenvalue weighted by Crippen LogP contribution is -2.33. The summed E-state index contributed by atoms with van der Waals surface area (Å²) in [5, 5.41) is 8.66. The molecule has 27 heavy (non-hydrogen) atoms. The van der Waals surface area contributed by atoms with E-state index in [4.69, 9.17) is 0 Å². The maximum absolute atomic E-state index is 13.2. The highest BCUT2D eigenvalue weighted by Gasteiger charge is 2.34. The maximum Gasteiger partial charge on any atom is 0.416 e. The average Bonchev–Trinajstić information content (AvgIpc) is 2.95. The van der Waals surface area contributed by atoms with Crippen LogP contribution in [0, 0.1) is 0 Å². The molecule has 1 saturated heterocycles. The Hall–Kier alpha value is -1.93. The number of hydrogen-bond donors (Lipinski definition) is 0. The Kier molecular flexibility index (Phi) is 5.86. The molecule has 1 fully saturated rings. The summed E-state index contributed by atoms with van der Waals surface area (Å²) >= 11 is 0. The second-order valence-corrected chi connectivity index (χ2v) is 7.48. The van der Waals surface area contributed by atoms with Gasteiger partial charge in [0.1, 0.15) is 11.6 Å². The third-order valence-electron chi connectivity index (χ3n) is 5.13. The van der Waals surface area contributed by atoms with Gasteiger partial charge in [0.2, 0.25) is 0 Å². The highest BCUT2D eigenvalue weighted by atomic mass is 19.4. The van der Waals surface area contributed by atoms with Gasteiger partial charge < -0.3 is 9.47 Å². The summed E-state index contributed by atoms with van der Waals surface area (Å²) in [5.74, 6) is 2.20. The molecule has 0 aliphatic carbocycles. The Balaban J connectivity index is 1.63. The highest BCUT2D eigenvalue weighted by Crippen LogP contribution is 2.33. The van der Waals surface area contributed by atoms with E-state index in [1.807, 2.05) is 21.1 Å². The molecular formula is C19H26F3N5. The quantitative estimate of drug-likeness (QED) is 0.797. The minimum Gasteiger partial charge on any atom is -0.317 e. The lowest BCUT2D eigenvalue weighted by Gasteiger charge is -2.32. The van der Waals surface area contributed by atoms with Crippen molar-refractivity contribution in [2.24, 2.45) is 7.05 Å². The van der Waals surface area contributed by atoms with Gasteiger partial charge in [0.25, 0.3) is 0 Å². The van der Waals surface area contributed by atoms with E-state index in [-0.39, 0.29) is 0 Å². The van der Waals surface area contributed by atoms with Crippen LogP contribution >= 0.6 is 0 Å². The minimum atomic E-state index is -4.31. The topological polar surface area (TPSA) is 37.2 Å². The SMILES string of the molecule is CN(C)Cc1nnc(C2CCN(Cc3ccccc3C(F)(F)F)CC2)n1C. The lowest BCUT2D eigenvalue weighted by molar-refractivity contribution is -0.138. The fraction of sp³-hybridized carbons (Fsp3) is 0.579. The van der Waals surface area contributed by atoms with Gasteiger partial charge in [-0.1, -0.05) is 18.2 Å². The Morgan fingerprint density at radius 1 is 1.11 bits per heavy atom. The van der Waals surface area contributed by atoms with Gasteiger partial charge in [0.05, 0.1) is 12.1 Å². The molecule has 0 radical (unpaired) electrons. The van der Waals surface area contributed by atoms with Gasteiger partial charge in [-0.05, 0) is 51.7 Å². The van der Waals surface area contributed by atoms with E-state index >= 15 is 0 Å². The molecule has 5 nitrogen and oxygen atoms in total. The summed E-state index contributed by atoms with van der Waals surface area (Å²) in [5.41, 5.74) is -0.191. The van der Waals surface area contributed by atoms with Crippen molar-refractivity contribution >= 4 is 0 Å². The number of rotatable bonds is 5. The molecule has 2 heterocycles. The van der Waals surface area contributed by atoms with Crippen molar-refractivity contribution in [3.8, 4) is 0 Å². The van der Waals surface area contributed by atoms with Crippen molar-refractivity contribution in [2.75, 3.05) is 27.2 Å². The third-order valence-corrected chi connectivity index (χ3v) is 5.13. The third kappa shape index (κ3) is 4.68. The smallest absolute Gasteiger partial charge is 0.317 e. The molecule has 3 rings (SSSR count). The Morgan fingerprint density at radius 3 is 2.41 bits per heavy atom. The zero-order chi connectivity index (χ0) is 19.6. The van der Waals surface area contributed by atoms with E-state index in [1.165, 1.54) is 6.07 Å². The first-order valence-electron chi connectivity index (χ1n) is 9.16. The van der Waals surface area contributed by atoms with Crippen LogP contribution in [0.25, 0.3) is 0 Å². The predicted molar refractivity (Wildman–Crippen MR) is 97.1 cm³/mol. The summed E-state index contributed by atoms with van der Waals surface area (Å²) < 4.78 is 41.6. The second-order valence-electron chi connectivity index (χ2n) is 7.48. The monoisotopic (exact) mass is 381 g/mol. The number of nitrogens with zero attached hydrogens (tertiary/aromatic N) is 5. The lowest BCUT2D eigenvalue weighted by atomic mass is 9.95. The Labute approximate surface area is 157 Å². The van der Waals surface area contributed by atoms with E-state index in [9.17, 15) is 13.2 Å². The predicted octanol–water partition coefficient (Wildman–Crippen LogP) is 3.28. The van der Waals surface area contributed by atoms with Crippen molar-refractivity contribution in [2.45, 2.75) is 38.0 Å². The summed E-state index contributed by atoms with van der Waals surface area (Å²) in [6.07, 6.45) is -2.55. The molecule has 1 aromatic carbocycles. The number of aromatic nitrogens is 3. The van der Waals surface area contributed by atoms with Crippen LogP contribution in [0.1, 0.15) is 41.5 Å². The molecule has 0 amide bonds. The molecule has 8 heteroatoms. The van der Waals surface area contributed by atoms with E-state index in [2.05, 4.69) is 24.6 Å². The number of likely N-dealkylation sites (tertiary alicyclic amines) is 1. The molecule has 0 unspecified atom stereocenters. The van der Waals surface area contributed by atoms with Crippen LogP contribution < -0.4 is 0 Å². The van der Waals surface area contributed by atoms with Crippen molar-refractivity contribution in [1.82, 2.24) is 24.6 Å². The van der Waals surface area contributed by atoms with Crippen molar-refractivity contribution in [1.29, 1.82) is 0 Å². The average molecular weight is 381 g/mol. The first-order valence-corrected chi connectivity index (χ1v) is 9.16. The summed E-state index contributed by atoms with van der Waals surface area (Å²) in [7, 11) is 5.97. The molecule has 0 saturated carbocycles. The molecule has 0 atom stereocenters. The van der Waals surface area contributed by atoms with Crippen LogP contribution in [0.2, 0.25) is 0 Å². The summed E-state index contributed by atoms with van der Waals surface area (Å²) in [6, 6.07) is 5.85. The normalized spacial score (nSPS) is 17.0. The van der Waals surface area contributed by atoms with Gasteiger partial charge in [-0.2, -0.15) is 13.2 Å². The van der Waals surface area contributed by atoms with Crippen LogP contribution in [0.5, 0.6) is 0 Å². The molecule has 0 bridgehead atoms. The van der Waals surface area contributed by atoms with Crippen LogP contribution in [0.15, 0.2) is 24.3 Å². The highest BCUT2D eigenvalue weighted by molar-refractivity contribution is 5.29. The van der Waals surface area contributed by atoms with Gasteiger partial charge in [-0.25, -0.2) is 0 Å². The zero-order valence-corrected chi connectivity index (χ0v) is 16.0. The standard InChI is InChI=1S/C19H26F3N5/c1-25(2)13-17-23-24-18(26(17)3)14-8-10-27(11-9-14)12-15-6-4-5-7-16(15)19(20,21)22/h4-7,14H,8-13H2,1-3H3. The van der Waals surface area contributed by atoms with E-state index in [0.717, 1.165) is 50.2 Å². The maximum atomic E-state index is 13.2. The molecule has 2 aromatic rings. The first-order chi connectivity index (χ1) is 12.8. The van der Waals surface area contributed by atoms with E-state index < -0.39 is 11.7 Å². The number of halogens is 3. The number of benzene rings is 1. The van der Waals surface area contributed by atoms with E-state index in [0.29, 0.717) is 18.0 Å². The second kappa shape index (κ2) is 7.98. The van der Waals surface area contributed by atoms with Crippen LogP contribution in [-0.2, 0) is 26.3 Å². The summed E-state index contributed by atoms with van der Waals surface area (Å²) in [4.78, 5) is 4.15. The van der Waals surface area contributed by atoms with E-state index in [1.54, 1.807) is 12.1 Å². The number of alkyl halides is 3. The molecule has 1 aliphatic heterocycles. The van der Waals surface area contributed by atoms with Crippen LogP contribution in [0.4, 0.5) is 13.2 Å². The summed E-state index contributed by atoms with van der Waals surface area (Å²) in [6.45, 7) is 2.57. The van der Waals surface area contributed by atoms with Crippen molar-refractivity contribution in [3.05, 3.63) is 47.0 Å². The molecule has 1 aromatic heterocycles. The zero-order valence-electron chi connectivity index (χ0n) is 16.0. The molecule has 148 valence electrons. The molecular weight excluding hydrogens is 355 g/mol. The van der Waals surface area contributed by atoms with Crippen LogP contribution in [-0.4, -0.2) is 51.7 Å². The van der Waals surface area contributed by atoms with Gasteiger partial charge in [-0.3, -0.25) is 4.90 Å². The minimum absolute atomic E-state index is 0.299. The fourth-order valence-electron chi connectivity index (χ4n) is 3.68. The van der Waals surface area contributed by atoms with Gasteiger partial charge in [-0.15, -0.1) is 10.2 Å². The van der Waals surface area contributed by atoms with Crippen LogP contribution in [0.3, 0.4) is 0 Å². The first kappa shape index (κ1) is 19.8. The van der Waals surface area contributed by atoms with Gasteiger partial charge >= 0.3 is 6.18 Å². The molecule has 0 N–H and O–H groups in total. The molecule has 0 spiro atoms. The number of hydrogen-bond acceptors (Lipinski definition) is 4. The Bertz CT molecular complexity index is 761. The fourth-order valence-corrected chi connectivity index (χ4v) is 3.68. The van der Waals surface area contributed by atoms with Crippen molar-refractivity contribution < 1.29 is 13.2 Å². The largest absolute Gasteiger partial charge is 0.416 e. The van der Waals surface area contributed by atoms with Gasteiger partial charge in [0.15, 0.2) is 0 Å². The number of piperidine rings is 1. The molecule has 1 aliphatic rings.